The predicted octanol–water partition coefficient (Wildman–Crippen LogP) is 0.277. The first-order chi connectivity index (χ1) is 5.07. The second-order valence-corrected chi connectivity index (χ2v) is 3.09. The molecule has 0 spiro atoms. The van der Waals surface area contributed by atoms with Crippen LogP contribution in [0.1, 0.15) is 20.3 Å². The molecule has 0 fully saturated rings. The van der Waals surface area contributed by atoms with Crippen LogP contribution in [0.25, 0.3) is 0 Å². The third-order valence-corrected chi connectivity index (χ3v) is 1.75. The fourth-order valence-electron chi connectivity index (χ4n) is 0.729. The van der Waals surface area contributed by atoms with Crippen LogP contribution in [0.3, 0.4) is 0 Å². The standard InChI is InChI=1S/C8H17NO2/c1-7(2)9(3)6-8(11)4-5-10/h5,7-8,11H,4,6H2,1-3H3. The van der Waals surface area contributed by atoms with Crippen molar-refractivity contribution < 1.29 is 9.90 Å². The summed E-state index contributed by atoms with van der Waals surface area (Å²) in [6.45, 7) is 4.66. The number of hydrogen-bond donors (Lipinski definition) is 1. The molecule has 0 amide bonds. The van der Waals surface area contributed by atoms with E-state index in [0.29, 0.717) is 12.6 Å². The monoisotopic (exact) mass is 159 g/mol. The fraction of sp³-hybridized carbons (Fsp3) is 0.875. The SMILES string of the molecule is CC(C)N(C)CC(O)CC=O. The Kier molecular flexibility index (Phi) is 5.07. The number of rotatable bonds is 5. The van der Waals surface area contributed by atoms with Crippen molar-refractivity contribution >= 4 is 6.29 Å². The zero-order valence-corrected chi connectivity index (χ0v) is 7.45. The molecule has 0 aromatic rings. The number of aliphatic hydroxyl groups excluding tert-OH is 1. The fourth-order valence-corrected chi connectivity index (χ4v) is 0.729. The van der Waals surface area contributed by atoms with Crippen molar-refractivity contribution in [3.63, 3.8) is 0 Å². The summed E-state index contributed by atoms with van der Waals surface area (Å²) in [5.41, 5.74) is 0. The summed E-state index contributed by atoms with van der Waals surface area (Å²) >= 11 is 0. The number of carbonyl (C=O) groups is 1. The molecule has 0 aliphatic rings. The quantitative estimate of drug-likeness (QED) is 0.586. The summed E-state index contributed by atoms with van der Waals surface area (Å²) in [4.78, 5) is 12.0. The van der Waals surface area contributed by atoms with Gasteiger partial charge in [0.25, 0.3) is 0 Å². The molecular weight excluding hydrogens is 142 g/mol. The molecule has 0 bridgehead atoms. The van der Waals surface area contributed by atoms with Crippen LogP contribution >= 0.6 is 0 Å². The third kappa shape index (κ3) is 4.93. The Morgan fingerprint density at radius 3 is 2.45 bits per heavy atom. The molecule has 1 atom stereocenters. The molecule has 1 N–H and O–H groups in total. The van der Waals surface area contributed by atoms with E-state index in [2.05, 4.69) is 0 Å². The van der Waals surface area contributed by atoms with Gasteiger partial charge in [-0.05, 0) is 20.9 Å². The van der Waals surface area contributed by atoms with Crippen LogP contribution in [0.15, 0.2) is 0 Å². The van der Waals surface area contributed by atoms with Crippen molar-refractivity contribution in [2.24, 2.45) is 0 Å². The summed E-state index contributed by atoms with van der Waals surface area (Å²) in [5.74, 6) is 0. The minimum absolute atomic E-state index is 0.233. The average Bonchev–Trinajstić information content (AvgIpc) is 1.87. The van der Waals surface area contributed by atoms with Crippen LogP contribution in [-0.2, 0) is 4.79 Å². The van der Waals surface area contributed by atoms with Crippen LogP contribution < -0.4 is 0 Å². The van der Waals surface area contributed by atoms with E-state index in [0.717, 1.165) is 6.29 Å². The number of nitrogens with zero attached hydrogens (tertiary/aromatic N) is 1. The molecule has 11 heavy (non-hydrogen) atoms. The minimum Gasteiger partial charge on any atom is -0.391 e. The summed E-state index contributed by atoms with van der Waals surface area (Å²) in [6, 6.07) is 0.413. The van der Waals surface area contributed by atoms with E-state index in [1.807, 2.05) is 25.8 Å². The van der Waals surface area contributed by atoms with Crippen molar-refractivity contribution in [1.82, 2.24) is 4.90 Å². The highest BCUT2D eigenvalue weighted by atomic mass is 16.3. The lowest BCUT2D eigenvalue weighted by Crippen LogP contribution is -2.34. The largest absolute Gasteiger partial charge is 0.391 e. The van der Waals surface area contributed by atoms with Gasteiger partial charge in [0, 0.05) is 19.0 Å². The van der Waals surface area contributed by atoms with E-state index in [1.165, 1.54) is 0 Å². The van der Waals surface area contributed by atoms with Gasteiger partial charge in [-0.25, -0.2) is 0 Å². The molecule has 0 saturated carbocycles. The molecule has 0 aliphatic carbocycles. The first kappa shape index (κ1) is 10.6. The number of likely N-dealkylation sites (N-methyl/N-ethyl adjacent to an activating group) is 1. The molecule has 0 radical (unpaired) electrons. The maximum Gasteiger partial charge on any atom is 0.122 e. The molecule has 0 rings (SSSR count). The maximum atomic E-state index is 9.99. The maximum absolute atomic E-state index is 9.99. The smallest absolute Gasteiger partial charge is 0.122 e. The molecule has 0 heterocycles. The van der Waals surface area contributed by atoms with Crippen molar-refractivity contribution in [3.05, 3.63) is 0 Å². The van der Waals surface area contributed by atoms with E-state index in [9.17, 15) is 9.90 Å². The van der Waals surface area contributed by atoms with Gasteiger partial charge in [-0.15, -0.1) is 0 Å². The number of aldehydes is 1. The van der Waals surface area contributed by atoms with E-state index >= 15 is 0 Å². The third-order valence-electron chi connectivity index (χ3n) is 1.75. The Bertz CT molecular complexity index is 115. The highest BCUT2D eigenvalue weighted by Crippen LogP contribution is 1.97. The molecule has 66 valence electrons. The number of aliphatic hydroxyl groups is 1. The second-order valence-electron chi connectivity index (χ2n) is 3.09. The molecule has 0 aromatic heterocycles. The van der Waals surface area contributed by atoms with Gasteiger partial charge >= 0.3 is 0 Å². The number of hydrogen-bond acceptors (Lipinski definition) is 3. The summed E-state index contributed by atoms with van der Waals surface area (Å²) in [5, 5.41) is 9.20. The van der Waals surface area contributed by atoms with Crippen molar-refractivity contribution in [3.8, 4) is 0 Å². The van der Waals surface area contributed by atoms with E-state index < -0.39 is 6.10 Å². The van der Waals surface area contributed by atoms with E-state index in [-0.39, 0.29) is 6.42 Å². The zero-order chi connectivity index (χ0) is 8.85. The van der Waals surface area contributed by atoms with Gasteiger partial charge in [0.2, 0.25) is 0 Å². The lowest BCUT2D eigenvalue weighted by atomic mass is 10.2. The average molecular weight is 159 g/mol. The van der Waals surface area contributed by atoms with Gasteiger partial charge < -0.3 is 14.8 Å². The molecule has 0 aromatic carbocycles. The van der Waals surface area contributed by atoms with Crippen molar-refractivity contribution in [2.75, 3.05) is 13.6 Å². The Labute approximate surface area is 68.0 Å². The summed E-state index contributed by atoms with van der Waals surface area (Å²) in [7, 11) is 1.93. The highest BCUT2D eigenvalue weighted by molar-refractivity contribution is 5.50. The van der Waals surface area contributed by atoms with Crippen molar-refractivity contribution in [1.29, 1.82) is 0 Å². The molecule has 0 aliphatic heterocycles. The lowest BCUT2D eigenvalue weighted by molar-refractivity contribution is -0.109. The van der Waals surface area contributed by atoms with E-state index in [4.69, 9.17) is 0 Å². The van der Waals surface area contributed by atoms with Gasteiger partial charge in [0.1, 0.15) is 6.29 Å². The van der Waals surface area contributed by atoms with Crippen LogP contribution in [0.4, 0.5) is 0 Å². The topological polar surface area (TPSA) is 40.5 Å². The van der Waals surface area contributed by atoms with Gasteiger partial charge in [0.05, 0.1) is 6.10 Å². The first-order valence-electron chi connectivity index (χ1n) is 3.89. The van der Waals surface area contributed by atoms with Crippen LogP contribution in [-0.4, -0.2) is 42.0 Å². The molecule has 0 saturated heterocycles. The molecule has 3 heteroatoms. The summed E-state index contributed by atoms with van der Waals surface area (Å²) in [6.07, 6.45) is 0.468. The van der Waals surface area contributed by atoms with Crippen LogP contribution in [0, 0.1) is 0 Å². The zero-order valence-electron chi connectivity index (χ0n) is 7.45. The molecule has 3 nitrogen and oxygen atoms in total. The first-order valence-corrected chi connectivity index (χ1v) is 3.89. The van der Waals surface area contributed by atoms with Crippen molar-refractivity contribution in [2.45, 2.75) is 32.4 Å². The summed E-state index contributed by atoms with van der Waals surface area (Å²) < 4.78 is 0. The van der Waals surface area contributed by atoms with E-state index in [1.54, 1.807) is 0 Å². The Hall–Kier alpha value is -0.410. The Morgan fingerprint density at radius 2 is 2.09 bits per heavy atom. The highest BCUT2D eigenvalue weighted by Gasteiger charge is 2.09. The van der Waals surface area contributed by atoms with Gasteiger partial charge in [0.15, 0.2) is 0 Å². The molecular formula is C8H17NO2. The van der Waals surface area contributed by atoms with Gasteiger partial charge in [-0.1, -0.05) is 0 Å². The van der Waals surface area contributed by atoms with Gasteiger partial charge in [-0.3, -0.25) is 0 Å². The van der Waals surface area contributed by atoms with Crippen LogP contribution in [0.2, 0.25) is 0 Å². The minimum atomic E-state index is -0.514. The predicted molar refractivity (Wildman–Crippen MR) is 44.5 cm³/mol. The normalized spacial score (nSPS) is 14.0. The number of carbonyl (C=O) groups excluding carboxylic acids is 1. The Morgan fingerprint density at radius 1 is 1.55 bits per heavy atom. The lowest BCUT2D eigenvalue weighted by Gasteiger charge is -2.22. The Balaban J connectivity index is 3.56. The molecule has 1 unspecified atom stereocenters. The van der Waals surface area contributed by atoms with Crippen LogP contribution in [0.5, 0.6) is 0 Å². The second kappa shape index (κ2) is 5.27. The van der Waals surface area contributed by atoms with Gasteiger partial charge in [-0.2, -0.15) is 0 Å².